The normalized spacial score (nSPS) is 17.8. The van der Waals surface area contributed by atoms with E-state index >= 15 is 0 Å². The Morgan fingerprint density at radius 3 is 2.75 bits per heavy atom. The van der Waals surface area contributed by atoms with Crippen molar-refractivity contribution in [2.45, 2.75) is 26.7 Å². The van der Waals surface area contributed by atoms with Gasteiger partial charge in [0.2, 0.25) is 0 Å². The maximum atomic E-state index is 12.9. The number of carbonyl (C=O) groups is 2. The van der Waals surface area contributed by atoms with Crippen LogP contribution in [-0.2, 0) is 4.79 Å². The number of aromatic nitrogens is 2. The second kappa shape index (κ2) is 6.47. The van der Waals surface area contributed by atoms with E-state index in [2.05, 4.69) is 4.98 Å². The van der Waals surface area contributed by atoms with E-state index in [1.54, 1.807) is 11.1 Å². The number of amides is 1. The third-order valence-corrected chi connectivity index (χ3v) is 4.60. The lowest BCUT2D eigenvalue weighted by atomic mass is 9.97. The highest BCUT2D eigenvalue weighted by atomic mass is 16.4. The monoisotopic (exact) mass is 327 g/mol. The summed E-state index contributed by atoms with van der Waals surface area (Å²) in [5, 5.41) is 9.21. The third kappa shape index (κ3) is 2.91. The molecule has 1 N–H and O–H groups in total. The van der Waals surface area contributed by atoms with Crippen molar-refractivity contribution in [3.8, 4) is 5.82 Å². The lowest BCUT2D eigenvalue weighted by molar-refractivity contribution is -0.143. The number of aliphatic carboxylic acids is 1. The topological polar surface area (TPSA) is 75.4 Å². The summed E-state index contributed by atoms with van der Waals surface area (Å²) < 4.78 is 1.95. The van der Waals surface area contributed by atoms with Crippen molar-refractivity contribution < 1.29 is 14.7 Å². The fraction of sp³-hybridized carbons (Fsp3) is 0.389. The predicted molar refractivity (Wildman–Crippen MR) is 89.3 cm³/mol. The van der Waals surface area contributed by atoms with Gasteiger partial charge in [-0.05, 0) is 44.9 Å². The highest BCUT2D eigenvalue weighted by Crippen LogP contribution is 2.24. The first-order valence-corrected chi connectivity index (χ1v) is 8.11. The van der Waals surface area contributed by atoms with Crippen LogP contribution in [0.5, 0.6) is 0 Å². The van der Waals surface area contributed by atoms with E-state index in [0.29, 0.717) is 18.5 Å². The van der Waals surface area contributed by atoms with Crippen molar-refractivity contribution in [3.05, 3.63) is 47.4 Å². The molecule has 0 aromatic carbocycles. The molecule has 126 valence electrons. The molecule has 1 fully saturated rings. The van der Waals surface area contributed by atoms with Crippen molar-refractivity contribution >= 4 is 11.9 Å². The second-order valence-corrected chi connectivity index (χ2v) is 6.24. The molecular formula is C18H21N3O3. The maximum Gasteiger partial charge on any atom is 0.308 e. The van der Waals surface area contributed by atoms with Crippen LogP contribution in [0.15, 0.2) is 30.5 Å². The highest BCUT2D eigenvalue weighted by molar-refractivity contribution is 5.96. The quantitative estimate of drug-likeness (QED) is 0.939. The van der Waals surface area contributed by atoms with Gasteiger partial charge in [-0.3, -0.25) is 9.59 Å². The summed E-state index contributed by atoms with van der Waals surface area (Å²) in [7, 11) is 0. The Bertz CT molecular complexity index is 767. The first kappa shape index (κ1) is 16.2. The zero-order valence-corrected chi connectivity index (χ0v) is 13.9. The number of piperidine rings is 1. The van der Waals surface area contributed by atoms with Gasteiger partial charge in [-0.2, -0.15) is 0 Å². The standard InChI is InChI=1S/C18H21N3O3/c1-12-10-15(13(2)21(12)16-7-3-4-8-19-16)17(22)20-9-5-6-14(11-20)18(23)24/h3-4,7-8,10,14H,5-6,9,11H2,1-2H3,(H,23,24). The van der Waals surface area contributed by atoms with E-state index in [1.165, 1.54) is 0 Å². The molecule has 24 heavy (non-hydrogen) atoms. The molecule has 2 aromatic rings. The predicted octanol–water partition coefficient (Wildman–Crippen LogP) is 2.43. The summed E-state index contributed by atoms with van der Waals surface area (Å²) in [6.45, 7) is 4.72. The van der Waals surface area contributed by atoms with E-state index in [4.69, 9.17) is 0 Å². The minimum atomic E-state index is -0.827. The molecule has 0 saturated carbocycles. The van der Waals surface area contributed by atoms with Gasteiger partial charge in [-0.15, -0.1) is 0 Å². The zero-order valence-electron chi connectivity index (χ0n) is 13.9. The number of carboxylic acids is 1. The molecule has 1 unspecified atom stereocenters. The number of rotatable bonds is 3. The van der Waals surface area contributed by atoms with Crippen molar-refractivity contribution in [3.63, 3.8) is 0 Å². The second-order valence-electron chi connectivity index (χ2n) is 6.24. The number of nitrogens with zero attached hydrogens (tertiary/aromatic N) is 3. The van der Waals surface area contributed by atoms with Gasteiger partial charge in [0, 0.05) is 30.7 Å². The van der Waals surface area contributed by atoms with E-state index < -0.39 is 11.9 Å². The Kier molecular flexibility index (Phi) is 4.38. The van der Waals surface area contributed by atoms with Crippen LogP contribution in [0.2, 0.25) is 0 Å². The Hall–Kier alpha value is -2.63. The lowest BCUT2D eigenvalue weighted by Crippen LogP contribution is -2.42. The lowest BCUT2D eigenvalue weighted by Gasteiger charge is -2.30. The largest absolute Gasteiger partial charge is 0.481 e. The summed E-state index contributed by atoms with van der Waals surface area (Å²) in [5.41, 5.74) is 2.37. The van der Waals surface area contributed by atoms with Gasteiger partial charge in [0.15, 0.2) is 0 Å². The number of hydrogen-bond donors (Lipinski definition) is 1. The molecule has 1 aliphatic heterocycles. The molecule has 0 bridgehead atoms. The minimum absolute atomic E-state index is 0.101. The van der Waals surface area contributed by atoms with Crippen molar-refractivity contribution in [2.24, 2.45) is 5.92 Å². The summed E-state index contributed by atoms with van der Waals surface area (Å²) in [5.74, 6) is -0.627. The molecule has 1 atom stereocenters. The van der Waals surface area contributed by atoms with Crippen LogP contribution in [0.3, 0.4) is 0 Å². The SMILES string of the molecule is Cc1cc(C(=O)N2CCCC(C(=O)O)C2)c(C)n1-c1ccccn1. The van der Waals surface area contributed by atoms with Gasteiger partial charge in [0.25, 0.3) is 5.91 Å². The van der Waals surface area contributed by atoms with Crippen LogP contribution in [0.4, 0.5) is 0 Å². The van der Waals surface area contributed by atoms with E-state index in [9.17, 15) is 14.7 Å². The van der Waals surface area contributed by atoms with E-state index in [0.717, 1.165) is 23.6 Å². The molecule has 6 nitrogen and oxygen atoms in total. The van der Waals surface area contributed by atoms with Crippen LogP contribution in [0, 0.1) is 19.8 Å². The van der Waals surface area contributed by atoms with Gasteiger partial charge >= 0.3 is 5.97 Å². The van der Waals surface area contributed by atoms with Gasteiger partial charge in [0.1, 0.15) is 5.82 Å². The third-order valence-electron chi connectivity index (χ3n) is 4.60. The Morgan fingerprint density at radius 2 is 2.08 bits per heavy atom. The molecular weight excluding hydrogens is 306 g/mol. The Labute approximate surface area is 140 Å². The van der Waals surface area contributed by atoms with Gasteiger partial charge in [-0.1, -0.05) is 6.07 Å². The molecule has 1 aliphatic rings. The fourth-order valence-corrected chi connectivity index (χ4v) is 3.35. The number of likely N-dealkylation sites (tertiary alicyclic amines) is 1. The highest BCUT2D eigenvalue weighted by Gasteiger charge is 2.30. The molecule has 0 spiro atoms. The molecule has 1 saturated heterocycles. The molecule has 6 heteroatoms. The van der Waals surface area contributed by atoms with Crippen LogP contribution in [0.25, 0.3) is 5.82 Å². The van der Waals surface area contributed by atoms with Crippen LogP contribution in [0.1, 0.15) is 34.6 Å². The van der Waals surface area contributed by atoms with Crippen LogP contribution < -0.4 is 0 Å². The van der Waals surface area contributed by atoms with Crippen LogP contribution in [-0.4, -0.2) is 44.5 Å². The van der Waals surface area contributed by atoms with Crippen molar-refractivity contribution in [2.75, 3.05) is 13.1 Å². The minimum Gasteiger partial charge on any atom is -0.481 e. The number of aryl methyl sites for hydroxylation is 1. The average Bonchev–Trinajstić information content (AvgIpc) is 2.89. The Balaban J connectivity index is 1.90. The molecule has 3 heterocycles. The number of hydrogen-bond acceptors (Lipinski definition) is 3. The molecule has 0 aliphatic carbocycles. The summed E-state index contributed by atoms with van der Waals surface area (Å²) >= 11 is 0. The average molecular weight is 327 g/mol. The molecule has 1 amide bonds. The summed E-state index contributed by atoms with van der Waals surface area (Å²) in [4.78, 5) is 30.1. The van der Waals surface area contributed by atoms with Crippen molar-refractivity contribution in [1.82, 2.24) is 14.5 Å². The van der Waals surface area contributed by atoms with Gasteiger partial charge < -0.3 is 14.6 Å². The first-order valence-electron chi connectivity index (χ1n) is 8.11. The first-order chi connectivity index (χ1) is 11.5. The number of carbonyl (C=O) groups excluding carboxylic acids is 1. The maximum absolute atomic E-state index is 12.9. The molecule has 2 aromatic heterocycles. The molecule has 0 radical (unpaired) electrons. The Morgan fingerprint density at radius 1 is 1.29 bits per heavy atom. The zero-order chi connectivity index (χ0) is 17.3. The van der Waals surface area contributed by atoms with Gasteiger partial charge in [-0.25, -0.2) is 4.98 Å². The van der Waals surface area contributed by atoms with Crippen LogP contribution >= 0.6 is 0 Å². The summed E-state index contributed by atoms with van der Waals surface area (Å²) in [6.07, 6.45) is 3.07. The van der Waals surface area contributed by atoms with Crippen molar-refractivity contribution in [1.29, 1.82) is 0 Å². The van der Waals surface area contributed by atoms with Gasteiger partial charge in [0.05, 0.1) is 11.5 Å². The van der Waals surface area contributed by atoms with E-state index in [-0.39, 0.29) is 12.5 Å². The number of pyridine rings is 1. The molecule has 3 rings (SSSR count). The fourth-order valence-electron chi connectivity index (χ4n) is 3.35. The number of carboxylic acid groups (broad SMARTS) is 1. The smallest absolute Gasteiger partial charge is 0.308 e. The van der Waals surface area contributed by atoms with E-state index in [1.807, 2.05) is 42.7 Å². The summed E-state index contributed by atoms with van der Waals surface area (Å²) in [6, 6.07) is 7.51.